The summed E-state index contributed by atoms with van der Waals surface area (Å²) in [6, 6.07) is 0. The van der Waals surface area contributed by atoms with Crippen molar-refractivity contribution < 1.29 is 9.90 Å². The summed E-state index contributed by atoms with van der Waals surface area (Å²) in [7, 11) is 0. The van der Waals surface area contributed by atoms with E-state index in [9.17, 15) is 4.79 Å². The highest BCUT2D eigenvalue weighted by Gasteiger charge is 2.24. The molecule has 0 saturated carbocycles. The summed E-state index contributed by atoms with van der Waals surface area (Å²) in [6.45, 7) is 0. The number of carbonyl (C=O) groups is 1. The average molecular weight is 161 g/mol. The van der Waals surface area contributed by atoms with Crippen molar-refractivity contribution in [3.63, 3.8) is 0 Å². The van der Waals surface area contributed by atoms with Gasteiger partial charge in [0, 0.05) is 5.92 Å². The molecule has 0 aromatic rings. The van der Waals surface area contributed by atoms with Gasteiger partial charge < -0.3 is 10.8 Å². The van der Waals surface area contributed by atoms with E-state index >= 15 is 0 Å². The molecular formula is C6H11NO2S. The van der Waals surface area contributed by atoms with Gasteiger partial charge in [-0.15, -0.1) is 11.8 Å². The van der Waals surface area contributed by atoms with Crippen molar-refractivity contribution in [2.75, 3.05) is 5.75 Å². The van der Waals surface area contributed by atoms with Crippen LogP contribution in [0, 0.1) is 5.92 Å². The molecule has 0 spiro atoms. The van der Waals surface area contributed by atoms with Crippen LogP contribution in [0.5, 0.6) is 0 Å². The molecule has 1 amide bonds. The van der Waals surface area contributed by atoms with Crippen molar-refractivity contribution in [3.05, 3.63) is 0 Å². The first-order valence-electron chi connectivity index (χ1n) is 3.29. The number of amides is 1. The first kappa shape index (κ1) is 7.88. The second-order valence-electron chi connectivity index (χ2n) is 2.45. The Morgan fingerprint density at radius 1 is 1.70 bits per heavy atom. The van der Waals surface area contributed by atoms with E-state index in [0.29, 0.717) is 6.42 Å². The fourth-order valence-corrected chi connectivity index (χ4v) is 2.10. The third kappa shape index (κ3) is 1.88. The van der Waals surface area contributed by atoms with Gasteiger partial charge in [-0.3, -0.25) is 4.79 Å². The molecule has 1 heterocycles. The van der Waals surface area contributed by atoms with E-state index in [0.717, 1.165) is 12.2 Å². The molecule has 1 saturated heterocycles. The second kappa shape index (κ2) is 3.25. The van der Waals surface area contributed by atoms with Crippen LogP contribution < -0.4 is 5.73 Å². The Morgan fingerprint density at radius 2 is 2.40 bits per heavy atom. The number of aliphatic hydroxyl groups is 1. The number of thioether (sulfide) groups is 1. The van der Waals surface area contributed by atoms with Crippen LogP contribution in [0.2, 0.25) is 0 Å². The molecule has 0 bridgehead atoms. The second-order valence-corrected chi connectivity index (χ2v) is 3.73. The molecule has 0 aromatic carbocycles. The van der Waals surface area contributed by atoms with Crippen LogP contribution in [0.1, 0.15) is 12.8 Å². The van der Waals surface area contributed by atoms with Crippen molar-refractivity contribution in [3.8, 4) is 0 Å². The van der Waals surface area contributed by atoms with E-state index in [1.165, 1.54) is 11.8 Å². The number of hydrogen-bond acceptors (Lipinski definition) is 3. The van der Waals surface area contributed by atoms with E-state index in [1.54, 1.807) is 0 Å². The Hall–Kier alpha value is -0.220. The van der Waals surface area contributed by atoms with Gasteiger partial charge in [-0.2, -0.15) is 0 Å². The van der Waals surface area contributed by atoms with E-state index < -0.39 is 0 Å². The lowest BCUT2D eigenvalue weighted by Crippen LogP contribution is -2.29. The van der Waals surface area contributed by atoms with Gasteiger partial charge in [-0.05, 0) is 18.6 Å². The Kier molecular flexibility index (Phi) is 2.56. The number of hydrogen-bond donors (Lipinski definition) is 2. The van der Waals surface area contributed by atoms with Crippen LogP contribution in [0.4, 0.5) is 0 Å². The molecule has 0 radical (unpaired) electrons. The maximum absolute atomic E-state index is 10.6. The lowest BCUT2D eigenvalue weighted by atomic mass is 10.0. The first-order chi connectivity index (χ1) is 4.70. The molecule has 2 atom stereocenters. The molecule has 0 aliphatic carbocycles. The van der Waals surface area contributed by atoms with Crippen molar-refractivity contribution >= 4 is 17.7 Å². The summed E-state index contributed by atoms with van der Waals surface area (Å²) >= 11 is 1.49. The van der Waals surface area contributed by atoms with Crippen LogP contribution in [-0.2, 0) is 4.79 Å². The molecule has 10 heavy (non-hydrogen) atoms. The molecule has 1 aliphatic heterocycles. The van der Waals surface area contributed by atoms with Crippen molar-refractivity contribution in [1.29, 1.82) is 0 Å². The highest BCUT2D eigenvalue weighted by Crippen LogP contribution is 2.27. The molecule has 58 valence electrons. The lowest BCUT2D eigenvalue weighted by molar-refractivity contribution is -0.122. The Labute approximate surface area is 64.0 Å². The number of aliphatic hydroxyl groups excluding tert-OH is 1. The van der Waals surface area contributed by atoms with Gasteiger partial charge in [0.05, 0.1) is 5.44 Å². The zero-order valence-electron chi connectivity index (χ0n) is 5.62. The zero-order valence-corrected chi connectivity index (χ0v) is 6.43. The molecule has 1 rings (SSSR count). The minimum absolute atomic E-state index is 0.101. The van der Waals surface area contributed by atoms with Crippen molar-refractivity contribution in [2.24, 2.45) is 11.7 Å². The van der Waals surface area contributed by atoms with Gasteiger partial charge in [-0.1, -0.05) is 0 Å². The summed E-state index contributed by atoms with van der Waals surface area (Å²) in [5.41, 5.74) is 4.69. The highest BCUT2D eigenvalue weighted by atomic mass is 32.2. The number of primary amides is 1. The molecule has 0 aromatic heterocycles. The molecule has 2 unspecified atom stereocenters. The number of nitrogens with two attached hydrogens (primary N) is 1. The van der Waals surface area contributed by atoms with E-state index in [-0.39, 0.29) is 17.3 Å². The lowest BCUT2D eigenvalue weighted by Gasteiger charge is -2.22. The largest absolute Gasteiger partial charge is 0.382 e. The third-order valence-corrected chi connectivity index (χ3v) is 2.71. The Balaban J connectivity index is 2.39. The molecule has 3 nitrogen and oxygen atoms in total. The maximum Gasteiger partial charge on any atom is 0.220 e. The topological polar surface area (TPSA) is 63.3 Å². The van der Waals surface area contributed by atoms with Gasteiger partial charge >= 0.3 is 0 Å². The Bertz CT molecular complexity index is 140. The third-order valence-electron chi connectivity index (χ3n) is 1.67. The van der Waals surface area contributed by atoms with Crippen LogP contribution in [-0.4, -0.2) is 22.2 Å². The molecular weight excluding hydrogens is 150 g/mol. The van der Waals surface area contributed by atoms with Gasteiger partial charge in [0.1, 0.15) is 0 Å². The van der Waals surface area contributed by atoms with E-state index in [2.05, 4.69) is 0 Å². The van der Waals surface area contributed by atoms with Crippen molar-refractivity contribution in [2.45, 2.75) is 18.3 Å². The number of rotatable bonds is 1. The van der Waals surface area contributed by atoms with Crippen LogP contribution in [0.15, 0.2) is 0 Å². The minimum Gasteiger partial charge on any atom is -0.382 e. The average Bonchev–Trinajstić information content (AvgIpc) is 1.88. The summed E-state index contributed by atoms with van der Waals surface area (Å²) in [6.07, 6.45) is 1.34. The SMILES string of the molecule is NC(=O)C1CCSC(O)C1. The molecule has 1 fully saturated rings. The van der Waals surface area contributed by atoms with E-state index in [4.69, 9.17) is 10.8 Å². The molecule has 4 heteroatoms. The summed E-state index contributed by atoms with van der Waals surface area (Å²) in [5, 5.41) is 9.08. The molecule has 3 N–H and O–H groups in total. The minimum atomic E-state index is -0.383. The number of carbonyl (C=O) groups excluding carboxylic acids is 1. The monoisotopic (exact) mass is 161 g/mol. The maximum atomic E-state index is 10.6. The van der Waals surface area contributed by atoms with Gasteiger partial charge in [0.15, 0.2) is 0 Å². The highest BCUT2D eigenvalue weighted by molar-refractivity contribution is 7.99. The van der Waals surface area contributed by atoms with Gasteiger partial charge in [0.2, 0.25) is 5.91 Å². The van der Waals surface area contributed by atoms with Crippen LogP contribution >= 0.6 is 11.8 Å². The summed E-state index contributed by atoms with van der Waals surface area (Å²) < 4.78 is 0. The predicted octanol–water partition coefficient (Wildman–Crippen LogP) is -0.0667. The first-order valence-corrected chi connectivity index (χ1v) is 4.34. The van der Waals surface area contributed by atoms with Gasteiger partial charge in [0.25, 0.3) is 0 Å². The summed E-state index contributed by atoms with van der Waals surface area (Å²) in [5.74, 6) is 0.463. The Morgan fingerprint density at radius 3 is 2.80 bits per heavy atom. The standard InChI is InChI=1S/C6H11NO2S/c7-6(9)4-1-2-10-5(8)3-4/h4-5,8H,1-3H2,(H2,7,9). The smallest absolute Gasteiger partial charge is 0.220 e. The fourth-order valence-electron chi connectivity index (χ4n) is 1.03. The zero-order chi connectivity index (χ0) is 7.56. The van der Waals surface area contributed by atoms with Gasteiger partial charge in [-0.25, -0.2) is 0 Å². The van der Waals surface area contributed by atoms with Crippen LogP contribution in [0.3, 0.4) is 0 Å². The quantitative estimate of drug-likeness (QED) is 0.566. The van der Waals surface area contributed by atoms with E-state index in [1.807, 2.05) is 0 Å². The summed E-state index contributed by atoms with van der Waals surface area (Å²) in [4.78, 5) is 10.6. The fraction of sp³-hybridized carbons (Fsp3) is 0.833. The van der Waals surface area contributed by atoms with Crippen molar-refractivity contribution in [1.82, 2.24) is 0 Å². The molecule has 1 aliphatic rings. The normalized spacial score (nSPS) is 33.7. The van der Waals surface area contributed by atoms with Crippen LogP contribution in [0.25, 0.3) is 0 Å². The predicted molar refractivity (Wildman–Crippen MR) is 40.4 cm³/mol.